The molecule has 8 heteroatoms. The molecule has 0 radical (unpaired) electrons. The summed E-state index contributed by atoms with van der Waals surface area (Å²) in [4.78, 5) is 25.0. The molecule has 0 atom stereocenters. The molecule has 2 aliphatic heterocycles. The predicted molar refractivity (Wildman–Crippen MR) is 93.6 cm³/mol. The third-order valence-corrected chi connectivity index (χ3v) is 4.59. The minimum Gasteiger partial charge on any atom is -0.352 e. The van der Waals surface area contributed by atoms with Gasteiger partial charge in [0.2, 0.25) is 5.95 Å². The number of piperidine rings is 1. The second-order valence-electron chi connectivity index (χ2n) is 6.78. The van der Waals surface area contributed by atoms with E-state index in [0.29, 0.717) is 31.3 Å². The van der Waals surface area contributed by atoms with Crippen LogP contribution in [0.15, 0.2) is 12.4 Å². The lowest BCUT2D eigenvalue weighted by Crippen LogP contribution is -2.45. The smallest absolute Gasteiger partial charge is 0.254 e. The molecule has 0 aromatic carbocycles. The van der Waals surface area contributed by atoms with Crippen molar-refractivity contribution < 1.29 is 14.3 Å². The van der Waals surface area contributed by atoms with Crippen LogP contribution in [0, 0.1) is 0 Å². The van der Waals surface area contributed by atoms with E-state index in [1.165, 1.54) is 0 Å². The summed E-state index contributed by atoms with van der Waals surface area (Å²) in [6.45, 7) is 4.52. The van der Waals surface area contributed by atoms with Gasteiger partial charge in [0.25, 0.3) is 5.91 Å². The van der Waals surface area contributed by atoms with Gasteiger partial charge >= 0.3 is 0 Å². The maximum absolute atomic E-state index is 12.1. The van der Waals surface area contributed by atoms with Gasteiger partial charge in [-0.25, -0.2) is 9.97 Å². The summed E-state index contributed by atoms with van der Waals surface area (Å²) < 4.78 is 11.5. The second-order valence-corrected chi connectivity index (χ2v) is 6.78. The monoisotopic (exact) mass is 349 g/mol. The number of hydrogen-bond donors (Lipinski definition) is 1. The SMILES string of the molecule is CN(C)CCCNC(=O)c1cnc(N2CCC3(CC2)OCCO3)nc1. The molecule has 25 heavy (non-hydrogen) atoms. The zero-order valence-electron chi connectivity index (χ0n) is 15.0. The fourth-order valence-electron chi connectivity index (χ4n) is 3.13. The lowest BCUT2D eigenvalue weighted by molar-refractivity contribution is -0.169. The van der Waals surface area contributed by atoms with Crippen molar-refractivity contribution in [2.24, 2.45) is 0 Å². The molecule has 1 aromatic heterocycles. The van der Waals surface area contributed by atoms with Gasteiger partial charge in [-0.05, 0) is 27.1 Å². The third kappa shape index (κ3) is 4.65. The van der Waals surface area contributed by atoms with E-state index < -0.39 is 5.79 Å². The van der Waals surface area contributed by atoms with E-state index >= 15 is 0 Å². The van der Waals surface area contributed by atoms with Crippen molar-refractivity contribution in [2.45, 2.75) is 25.0 Å². The van der Waals surface area contributed by atoms with Crippen molar-refractivity contribution in [1.82, 2.24) is 20.2 Å². The van der Waals surface area contributed by atoms with E-state index in [-0.39, 0.29) is 5.91 Å². The van der Waals surface area contributed by atoms with Crippen molar-refractivity contribution in [1.29, 1.82) is 0 Å². The summed E-state index contributed by atoms with van der Waals surface area (Å²) in [5.41, 5.74) is 0.490. The molecule has 0 saturated carbocycles. The maximum atomic E-state index is 12.1. The van der Waals surface area contributed by atoms with Crippen molar-refractivity contribution in [3.63, 3.8) is 0 Å². The zero-order valence-corrected chi connectivity index (χ0v) is 15.0. The number of hydrogen-bond acceptors (Lipinski definition) is 7. The average Bonchev–Trinajstić information content (AvgIpc) is 3.07. The Morgan fingerprint density at radius 1 is 1.24 bits per heavy atom. The summed E-state index contributed by atoms with van der Waals surface area (Å²) in [7, 11) is 4.03. The highest BCUT2D eigenvalue weighted by Gasteiger charge is 2.40. The van der Waals surface area contributed by atoms with Gasteiger partial charge in [0.05, 0.1) is 18.8 Å². The Morgan fingerprint density at radius 2 is 1.88 bits per heavy atom. The highest BCUT2D eigenvalue weighted by molar-refractivity contribution is 5.93. The molecule has 0 aliphatic carbocycles. The number of rotatable bonds is 6. The number of aromatic nitrogens is 2. The number of carbonyl (C=O) groups is 1. The summed E-state index contributed by atoms with van der Waals surface area (Å²) in [5, 5.41) is 2.89. The molecule has 0 unspecified atom stereocenters. The van der Waals surface area contributed by atoms with Crippen molar-refractivity contribution in [3.05, 3.63) is 18.0 Å². The van der Waals surface area contributed by atoms with Gasteiger partial charge in [-0.3, -0.25) is 4.79 Å². The van der Waals surface area contributed by atoms with Crippen LogP contribution >= 0.6 is 0 Å². The molecule has 1 aromatic rings. The van der Waals surface area contributed by atoms with Gasteiger partial charge < -0.3 is 24.6 Å². The van der Waals surface area contributed by atoms with Crippen molar-refractivity contribution in [3.8, 4) is 0 Å². The number of nitrogens with one attached hydrogen (secondary N) is 1. The van der Waals surface area contributed by atoms with E-state index in [9.17, 15) is 4.79 Å². The third-order valence-electron chi connectivity index (χ3n) is 4.59. The number of carbonyl (C=O) groups excluding carboxylic acids is 1. The first-order chi connectivity index (χ1) is 12.1. The van der Waals surface area contributed by atoms with E-state index in [4.69, 9.17) is 9.47 Å². The van der Waals surface area contributed by atoms with E-state index in [1.54, 1.807) is 12.4 Å². The Kier molecular flexibility index (Phi) is 5.82. The van der Waals surface area contributed by atoms with E-state index in [2.05, 4.69) is 25.1 Å². The highest BCUT2D eigenvalue weighted by atomic mass is 16.7. The van der Waals surface area contributed by atoms with Gasteiger partial charge in [0, 0.05) is 44.9 Å². The molecule has 2 aliphatic rings. The van der Waals surface area contributed by atoms with Gasteiger partial charge in [0.15, 0.2) is 5.79 Å². The molecule has 2 saturated heterocycles. The fourth-order valence-corrected chi connectivity index (χ4v) is 3.13. The molecule has 1 spiro atoms. The molecule has 3 heterocycles. The van der Waals surface area contributed by atoms with Crippen LogP contribution in [0.25, 0.3) is 0 Å². The maximum Gasteiger partial charge on any atom is 0.254 e. The van der Waals surface area contributed by atoms with Gasteiger partial charge in [-0.2, -0.15) is 0 Å². The first kappa shape index (κ1) is 18.0. The summed E-state index contributed by atoms with van der Waals surface area (Å²) in [6, 6.07) is 0. The van der Waals surface area contributed by atoms with Gasteiger partial charge in [-0.1, -0.05) is 0 Å². The first-order valence-corrected chi connectivity index (χ1v) is 8.86. The number of ether oxygens (including phenoxy) is 2. The molecule has 1 N–H and O–H groups in total. The zero-order chi connectivity index (χ0) is 17.7. The molecule has 0 bridgehead atoms. The summed E-state index contributed by atoms with van der Waals surface area (Å²) >= 11 is 0. The van der Waals surface area contributed by atoms with E-state index in [1.807, 2.05) is 14.1 Å². The van der Waals surface area contributed by atoms with Gasteiger partial charge in [0.1, 0.15) is 0 Å². The predicted octanol–water partition coefficient (Wildman–Crippen LogP) is 0.501. The standard InChI is InChI=1S/C17H27N5O3/c1-21(2)7-3-6-18-15(23)14-12-19-16(20-13-14)22-8-4-17(5-9-22)24-10-11-25-17/h12-13H,3-11H2,1-2H3,(H,18,23). The molecular weight excluding hydrogens is 322 g/mol. The molecule has 3 rings (SSSR count). The normalized spacial score (nSPS) is 19.6. The Morgan fingerprint density at radius 3 is 2.48 bits per heavy atom. The van der Waals surface area contributed by atoms with Crippen LogP contribution in [0.4, 0.5) is 5.95 Å². The van der Waals surface area contributed by atoms with E-state index in [0.717, 1.165) is 38.9 Å². The van der Waals surface area contributed by atoms with Gasteiger partial charge in [-0.15, -0.1) is 0 Å². The second kappa shape index (κ2) is 8.07. The number of anilines is 1. The average molecular weight is 349 g/mol. The van der Waals surface area contributed by atoms with Crippen LogP contribution in [-0.4, -0.2) is 80.1 Å². The largest absolute Gasteiger partial charge is 0.352 e. The minimum atomic E-state index is -0.400. The minimum absolute atomic E-state index is 0.129. The van der Waals surface area contributed by atoms with Crippen molar-refractivity contribution in [2.75, 3.05) is 58.4 Å². The van der Waals surface area contributed by atoms with Crippen molar-refractivity contribution >= 4 is 11.9 Å². The Balaban J connectivity index is 1.48. The van der Waals surface area contributed by atoms with Crippen LogP contribution in [0.5, 0.6) is 0 Å². The van der Waals surface area contributed by atoms with Crippen LogP contribution < -0.4 is 10.2 Å². The molecule has 8 nitrogen and oxygen atoms in total. The van der Waals surface area contributed by atoms with Crippen LogP contribution in [0.2, 0.25) is 0 Å². The molecular formula is C17H27N5O3. The number of nitrogens with zero attached hydrogens (tertiary/aromatic N) is 4. The summed E-state index contributed by atoms with van der Waals surface area (Å²) in [6.07, 6.45) is 5.72. The number of amides is 1. The van der Waals surface area contributed by atoms with Crippen LogP contribution in [0.3, 0.4) is 0 Å². The van der Waals surface area contributed by atoms with Crippen LogP contribution in [0.1, 0.15) is 29.6 Å². The highest BCUT2D eigenvalue weighted by Crippen LogP contribution is 2.32. The Labute approximate surface area is 148 Å². The molecule has 138 valence electrons. The molecule has 2 fully saturated rings. The Bertz CT molecular complexity index is 562. The Hall–Kier alpha value is -1.77. The topological polar surface area (TPSA) is 79.8 Å². The lowest BCUT2D eigenvalue weighted by Gasteiger charge is -2.37. The quantitative estimate of drug-likeness (QED) is 0.749. The first-order valence-electron chi connectivity index (χ1n) is 8.86. The molecule has 1 amide bonds. The summed E-state index contributed by atoms with van der Waals surface area (Å²) in [5.74, 6) is 0.121. The lowest BCUT2D eigenvalue weighted by atomic mass is 10.0. The fraction of sp³-hybridized carbons (Fsp3) is 0.706. The van der Waals surface area contributed by atoms with Crippen LogP contribution in [-0.2, 0) is 9.47 Å².